The number of ether oxygens (including phenoxy) is 1. The van der Waals surface area contributed by atoms with Gasteiger partial charge in [-0.15, -0.1) is 0 Å². The molecule has 1 aliphatic heterocycles. The van der Waals surface area contributed by atoms with Crippen LogP contribution in [0.15, 0.2) is 48.5 Å². The van der Waals surface area contributed by atoms with Crippen LogP contribution in [0.25, 0.3) is 11.1 Å². The molecule has 2 aromatic rings. The number of likely N-dealkylation sites (tertiary alicyclic amines) is 1. The van der Waals surface area contributed by atoms with Crippen LogP contribution in [-0.4, -0.2) is 53.8 Å². The number of piperidine rings is 1. The fourth-order valence-corrected chi connectivity index (χ4v) is 3.33. The Kier molecular flexibility index (Phi) is 6.46. The Labute approximate surface area is 173 Å². The van der Waals surface area contributed by atoms with Gasteiger partial charge < -0.3 is 20.1 Å². The van der Waals surface area contributed by atoms with E-state index in [4.69, 9.17) is 9.84 Å². The molecular formula is C22H22N2O6. The summed E-state index contributed by atoms with van der Waals surface area (Å²) in [6.07, 6.45) is 0.0544. The van der Waals surface area contributed by atoms with E-state index >= 15 is 0 Å². The average Bonchev–Trinajstić information content (AvgIpc) is 2.75. The molecule has 1 saturated heterocycles. The summed E-state index contributed by atoms with van der Waals surface area (Å²) in [6.45, 7) is -0.160. The van der Waals surface area contributed by atoms with Gasteiger partial charge in [0.25, 0.3) is 0 Å². The Morgan fingerprint density at radius 3 is 2.53 bits per heavy atom. The van der Waals surface area contributed by atoms with Gasteiger partial charge in [-0.25, -0.2) is 0 Å². The highest BCUT2D eigenvalue weighted by atomic mass is 16.5. The van der Waals surface area contributed by atoms with Crippen LogP contribution >= 0.6 is 0 Å². The highest BCUT2D eigenvalue weighted by molar-refractivity contribution is 6.19. The van der Waals surface area contributed by atoms with Gasteiger partial charge in [0.2, 0.25) is 11.8 Å². The molecule has 8 heteroatoms. The van der Waals surface area contributed by atoms with Crippen LogP contribution in [0.4, 0.5) is 0 Å². The molecule has 0 bridgehead atoms. The number of nitrogens with one attached hydrogen (secondary N) is 1. The first kappa shape index (κ1) is 21.0. The maximum Gasteiger partial charge on any atom is 0.322 e. The third kappa shape index (κ3) is 4.83. The quantitative estimate of drug-likeness (QED) is 0.669. The van der Waals surface area contributed by atoms with Gasteiger partial charge in [-0.05, 0) is 28.8 Å². The Bertz CT molecular complexity index is 970. The summed E-state index contributed by atoms with van der Waals surface area (Å²) >= 11 is 0. The van der Waals surface area contributed by atoms with Crippen molar-refractivity contribution >= 4 is 23.6 Å². The molecule has 2 amide bonds. The number of carbonyl (C=O) groups excluding carboxylic acids is 3. The summed E-state index contributed by atoms with van der Waals surface area (Å²) in [4.78, 5) is 48.9. The first-order valence-corrected chi connectivity index (χ1v) is 9.43. The lowest BCUT2D eigenvalue weighted by atomic mass is 9.94. The molecule has 1 heterocycles. The van der Waals surface area contributed by atoms with Crippen molar-refractivity contribution in [2.24, 2.45) is 5.92 Å². The SMILES string of the molecule is COc1cccc(-c2ccc(CN3CCC(=O)C(C(=O)NCC(=O)O)C3=O)cc2)c1. The molecule has 2 aromatic carbocycles. The number of nitrogens with zero attached hydrogens (tertiary/aromatic N) is 1. The third-order valence-electron chi connectivity index (χ3n) is 4.92. The second-order valence-electron chi connectivity index (χ2n) is 6.95. The van der Waals surface area contributed by atoms with Crippen molar-refractivity contribution in [1.29, 1.82) is 0 Å². The zero-order chi connectivity index (χ0) is 21.7. The summed E-state index contributed by atoms with van der Waals surface area (Å²) in [5.41, 5.74) is 2.84. The van der Waals surface area contributed by atoms with Gasteiger partial charge in [0, 0.05) is 19.5 Å². The van der Waals surface area contributed by atoms with Gasteiger partial charge in [0.15, 0.2) is 11.7 Å². The van der Waals surface area contributed by atoms with Crippen LogP contribution in [0, 0.1) is 5.92 Å². The zero-order valence-electron chi connectivity index (χ0n) is 16.5. The molecule has 0 spiro atoms. The summed E-state index contributed by atoms with van der Waals surface area (Å²) < 4.78 is 5.24. The Hall–Kier alpha value is -3.68. The predicted octanol–water partition coefficient (Wildman–Crippen LogP) is 1.48. The fraction of sp³-hybridized carbons (Fsp3) is 0.273. The lowest BCUT2D eigenvalue weighted by Gasteiger charge is -2.30. The number of rotatable bonds is 7. The molecule has 0 saturated carbocycles. The number of hydrogen-bond donors (Lipinski definition) is 2. The van der Waals surface area contributed by atoms with E-state index in [1.54, 1.807) is 7.11 Å². The van der Waals surface area contributed by atoms with Crippen LogP contribution in [0.1, 0.15) is 12.0 Å². The number of carboxylic acid groups (broad SMARTS) is 1. The minimum Gasteiger partial charge on any atom is -0.497 e. The summed E-state index contributed by atoms with van der Waals surface area (Å²) in [6, 6.07) is 15.3. The lowest BCUT2D eigenvalue weighted by Crippen LogP contribution is -2.52. The molecule has 156 valence electrons. The van der Waals surface area contributed by atoms with Crippen molar-refractivity contribution < 1.29 is 29.0 Å². The third-order valence-corrected chi connectivity index (χ3v) is 4.92. The molecule has 2 N–H and O–H groups in total. The van der Waals surface area contributed by atoms with Crippen molar-refractivity contribution in [2.75, 3.05) is 20.2 Å². The summed E-state index contributed by atoms with van der Waals surface area (Å²) in [7, 11) is 1.61. The first-order valence-electron chi connectivity index (χ1n) is 9.43. The highest BCUT2D eigenvalue weighted by Crippen LogP contribution is 2.25. The minimum atomic E-state index is -1.49. The molecule has 3 rings (SSSR count). The van der Waals surface area contributed by atoms with Crippen LogP contribution in [-0.2, 0) is 25.7 Å². The number of aliphatic carboxylic acids is 1. The Morgan fingerprint density at radius 1 is 1.13 bits per heavy atom. The van der Waals surface area contributed by atoms with E-state index in [1.165, 1.54) is 4.90 Å². The zero-order valence-corrected chi connectivity index (χ0v) is 16.5. The van der Waals surface area contributed by atoms with Crippen molar-refractivity contribution in [1.82, 2.24) is 10.2 Å². The molecule has 8 nitrogen and oxygen atoms in total. The van der Waals surface area contributed by atoms with Crippen molar-refractivity contribution in [2.45, 2.75) is 13.0 Å². The van der Waals surface area contributed by atoms with E-state index in [1.807, 2.05) is 48.5 Å². The molecule has 1 fully saturated rings. The number of Topliss-reactive ketones (excluding diaryl/α,β-unsaturated/α-hetero) is 1. The fourth-order valence-electron chi connectivity index (χ4n) is 3.33. The van der Waals surface area contributed by atoms with Crippen LogP contribution < -0.4 is 10.1 Å². The number of methoxy groups -OCH3 is 1. The monoisotopic (exact) mass is 410 g/mol. The van der Waals surface area contributed by atoms with E-state index < -0.39 is 36.0 Å². The lowest BCUT2D eigenvalue weighted by molar-refractivity contribution is -0.152. The smallest absolute Gasteiger partial charge is 0.322 e. The van der Waals surface area contributed by atoms with Gasteiger partial charge in [-0.2, -0.15) is 0 Å². The topological polar surface area (TPSA) is 113 Å². The Morgan fingerprint density at radius 2 is 1.87 bits per heavy atom. The van der Waals surface area contributed by atoms with Crippen molar-refractivity contribution in [3.8, 4) is 16.9 Å². The largest absolute Gasteiger partial charge is 0.497 e. The molecule has 1 unspecified atom stereocenters. The maximum absolute atomic E-state index is 12.7. The highest BCUT2D eigenvalue weighted by Gasteiger charge is 2.40. The van der Waals surface area contributed by atoms with Gasteiger partial charge >= 0.3 is 5.97 Å². The number of carbonyl (C=O) groups is 4. The maximum atomic E-state index is 12.7. The van der Waals surface area contributed by atoms with Crippen molar-refractivity contribution in [3.05, 3.63) is 54.1 Å². The van der Waals surface area contributed by atoms with E-state index in [0.717, 1.165) is 22.4 Å². The van der Waals surface area contributed by atoms with Gasteiger partial charge in [-0.3, -0.25) is 19.2 Å². The van der Waals surface area contributed by atoms with E-state index in [2.05, 4.69) is 5.32 Å². The number of carboxylic acids is 1. The molecule has 1 aliphatic rings. The number of amides is 2. The molecule has 0 aliphatic carbocycles. The molecule has 1 atom stereocenters. The minimum absolute atomic E-state index is 0.0544. The standard InChI is InChI=1S/C22H22N2O6/c1-30-17-4-2-3-16(11-17)15-7-5-14(6-8-15)13-24-10-9-18(25)20(22(24)29)21(28)23-12-19(26)27/h2-8,11,20H,9-10,12-13H2,1H3,(H,23,28)(H,26,27). The van der Waals surface area contributed by atoms with Gasteiger partial charge in [-0.1, -0.05) is 36.4 Å². The first-order chi connectivity index (χ1) is 14.4. The normalized spacial score (nSPS) is 16.3. The van der Waals surface area contributed by atoms with E-state index in [9.17, 15) is 19.2 Å². The van der Waals surface area contributed by atoms with Gasteiger partial charge in [0.05, 0.1) is 7.11 Å². The number of benzene rings is 2. The number of ketones is 1. The van der Waals surface area contributed by atoms with Gasteiger partial charge in [0.1, 0.15) is 12.3 Å². The van der Waals surface area contributed by atoms with Crippen LogP contribution in [0.3, 0.4) is 0 Å². The van der Waals surface area contributed by atoms with Crippen LogP contribution in [0.2, 0.25) is 0 Å². The Balaban J connectivity index is 1.69. The van der Waals surface area contributed by atoms with E-state index in [0.29, 0.717) is 0 Å². The second kappa shape index (κ2) is 9.21. The number of hydrogen-bond acceptors (Lipinski definition) is 5. The summed E-state index contributed by atoms with van der Waals surface area (Å²) in [5.74, 6) is -3.95. The molecular weight excluding hydrogens is 388 g/mol. The second-order valence-corrected chi connectivity index (χ2v) is 6.95. The molecule has 0 radical (unpaired) electrons. The van der Waals surface area contributed by atoms with E-state index in [-0.39, 0.29) is 19.5 Å². The molecule has 0 aromatic heterocycles. The summed E-state index contributed by atoms with van der Waals surface area (Å²) in [5, 5.41) is 10.8. The average molecular weight is 410 g/mol. The molecule has 30 heavy (non-hydrogen) atoms. The van der Waals surface area contributed by atoms with Crippen LogP contribution in [0.5, 0.6) is 5.75 Å². The predicted molar refractivity (Wildman–Crippen MR) is 108 cm³/mol. The van der Waals surface area contributed by atoms with Crippen molar-refractivity contribution in [3.63, 3.8) is 0 Å².